The Morgan fingerprint density at radius 3 is 2.48 bits per heavy atom. The number of carbonyl (C=O) groups excluding carboxylic acids is 2. The first-order valence-corrected chi connectivity index (χ1v) is 10.3. The lowest BCUT2D eigenvalue weighted by atomic mass is 10.0. The van der Waals surface area contributed by atoms with Gasteiger partial charge in [-0.25, -0.2) is 14.7 Å². The van der Waals surface area contributed by atoms with E-state index in [2.05, 4.69) is 4.98 Å². The number of fused-ring (bicyclic) bond motifs is 1. The minimum atomic E-state index is -1.19. The van der Waals surface area contributed by atoms with Crippen LogP contribution in [-0.2, 0) is 14.3 Å². The highest BCUT2D eigenvalue weighted by Gasteiger charge is 2.39. The zero-order valence-electron chi connectivity index (χ0n) is 16.6. The van der Waals surface area contributed by atoms with Gasteiger partial charge in [0.05, 0.1) is 28.8 Å². The SMILES string of the molecule is CC(C)OC(=O)N(C(=O)[C@@H](N)C(C)C)C(CC(=O)O)c1nc2cc(Cl)ccc2s1. The highest BCUT2D eigenvalue weighted by Crippen LogP contribution is 2.34. The van der Waals surface area contributed by atoms with Crippen LogP contribution in [0.2, 0.25) is 5.02 Å². The van der Waals surface area contributed by atoms with E-state index in [0.717, 1.165) is 9.60 Å². The molecule has 8 nitrogen and oxygen atoms in total. The van der Waals surface area contributed by atoms with Crippen molar-refractivity contribution in [2.24, 2.45) is 11.7 Å². The number of benzene rings is 1. The molecule has 0 aliphatic heterocycles. The second-order valence-electron chi connectivity index (χ2n) is 7.19. The van der Waals surface area contributed by atoms with Crippen LogP contribution in [0.1, 0.15) is 45.2 Å². The lowest BCUT2D eigenvalue weighted by molar-refractivity contribution is -0.140. The predicted octanol–water partition coefficient (Wildman–Crippen LogP) is 3.82. The molecule has 158 valence electrons. The van der Waals surface area contributed by atoms with Crippen molar-refractivity contribution in [3.63, 3.8) is 0 Å². The molecule has 1 aromatic heterocycles. The molecule has 0 aliphatic rings. The molecule has 0 saturated carbocycles. The number of carbonyl (C=O) groups is 3. The summed E-state index contributed by atoms with van der Waals surface area (Å²) in [5.74, 6) is -2.17. The molecule has 1 heterocycles. The Morgan fingerprint density at radius 2 is 1.93 bits per heavy atom. The van der Waals surface area contributed by atoms with Crippen LogP contribution in [0.5, 0.6) is 0 Å². The molecule has 3 N–H and O–H groups in total. The molecule has 0 radical (unpaired) electrons. The number of halogens is 1. The van der Waals surface area contributed by atoms with Gasteiger partial charge in [-0.2, -0.15) is 0 Å². The Balaban J connectivity index is 2.57. The maximum absolute atomic E-state index is 13.0. The van der Waals surface area contributed by atoms with Gasteiger partial charge in [-0.15, -0.1) is 11.3 Å². The number of carboxylic acids is 1. The van der Waals surface area contributed by atoms with Crippen LogP contribution in [0.25, 0.3) is 10.2 Å². The van der Waals surface area contributed by atoms with Crippen molar-refractivity contribution in [2.75, 3.05) is 0 Å². The molecule has 0 spiro atoms. The topological polar surface area (TPSA) is 123 Å². The van der Waals surface area contributed by atoms with Gasteiger partial charge >= 0.3 is 12.1 Å². The summed E-state index contributed by atoms with van der Waals surface area (Å²) in [6, 6.07) is 2.90. The maximum atomic E-state index is 13.0. The molecule has 0 aliphatic carbocycles. The van der Waals surface area contributed by atoms with E-state index >= 15 is 0 Å². The first-order valence-electron chi connectivity index (χ1n) is 9.08. The number of imide groups is 1. The third kappa shape index (κ3) is 5.65. The molecule has 0 saturated heterocycles. The number of hydrogen-bond acceptors (Lipinski definition) is 7. The summed E-state index contributed by atoms with van der Waals surface area (Å²) in [6.45, 7) is 6.74. The van der Waals surface area contributed by atoms with Gasteiger partial charge in [0, 0.05) is 5.02 Å². The van der Waals surface area contributed by atoms with Crippen LogP contribution < -0.4 is 5.73 Å². The number of aliphatic carboxylic acids is 1. The summed E-state index contributed by atoms with van der Waals surface area (Å²) >= 11 is 7.19. The molecule has 2 amide bonds. The van der Waals surface area contributed by atoms with Crippen LogP contribution in [0.4, 0.5) is 4.79 Å². The highest BCUT2D eigenvalue weighted by molar-refractivity contribution is 7.18. The van der Waals surface area contributed by atoms with Crippen LogP contribution in [0.15, 0.2) is 18.2 Å². The zero-order valence-corrected chi connectivity index (χ0v) is 18.2. The third-order valence-electron chi connectivity index (χ3n) is 4.10. The largest absolute Gasteiger partial charge is 0.481 e. The van der Waals surface area contributed by atoms with E-state index in [-0.39, 0.29) is 10.9 Å². The molecule has 2 atom stereocenters. The Labute approximate surface area is 177 Å². The molecular formula is C19H24ClN3O5S. The van der Waals surface area contributed by atoms with Crippen LogP contribution in [0, 0.1) is 5.92 Å². The highest BCUT2D eigenvalue weighted by atomic mass is 35.5. The van der Waals surface area contributed by atoms with Crippen molar-refractivity contribution >= 4 is 51.1 Å². The molecule has 29 heavy (non-hydrogen) atoms. The Bertz CT molecular complexity index is 914. The van der Waals surface area contributed by atoms with Gasteiger partial charge in [-0.1, -0.05) is 25.4 Å². The molecule has 1 aromatic carbocycles. The molecule has 2 aromatic rings. The van der Waals surface area contributed by atoms with Gasteiger partial charge in [0.15, 0.2) is 0 Å². The normalized spacial score (nSPS) is 13.5. The molecule has 1 unspecified atom stereocenters. The second-order valence-corrected chi connectivity index (χ2v) is 8.69. The van der Waals surface area contributed by atoms with Gasteiger partial charge in [-0.05, 0) is 38.0 Å². The lowest BCUT2D eigenvalue weighted by Crippen LogP contribution is -2.51. The third-order valence-corrected chi connectivity index (χ3v) is 5.48. The molecule has 0 bridgehead atoms. The summed E-state index contributed by atoms with van der Waals surface area (Å²) < 4.78 is 5.96. The molecule has 2 rings (SSSR count). The van der Waals surface area contributed by atoms with Crippen molar-refractivity contribution in [1.82, 2.24) is 9.88 Å². The van der Waals surface area contributed by atoms with E-state index in [1.54, 1.807) is 45.9 Å². The molecule has 10 heteroatoms. The fourth-order valence-electron chi connectivity index (χ4n) is 2.59. The van der Waals surface area contributed by atoms with Gasteiger partial charge in [0.25, 0.3) is 0 Å². The first-order chi connectivity index (χ1) is 13.5. The number of ether oxygens (including phenoxy) is 1. The first kappa shape index (κ1) is 23.1. The number of aromatic nitrogens is 1. The minimum Gasteiger partial charge on any atom is -0.481 e. The van der Waals surface area contributed by atoms with E-state index in [0.29, 0.717) is 10.5 Å². The average molecular weight is 442 g/mol. The average Bonchev–Trinajstić information content (AvgIpc) is 3.02. The van der Waals surface area contributed by atoms with E-state index in [4.69, 9.17) is 22.1 Å². The van der Waals surface area contributed by atoms with E-state index in [1.165, 1.54) is 11.3 Å². The van der Waals surface area contributed by atoms with Gasteiger partial charge in [-0.3, -0.25) is 9.59 Å². The van der Waals surface area contributed by atoms with E-state index < -0.39 is 42.6 Å². The molecule has 0 fully saturated rings. The fraction of sp³-hybridized carbons (Fsp3) is 0.474. The van der Waals surface area contributed by atoms with Crippen LogP contribution in [-0.4, -0.2) is 45.1 Å². The Morgan fingerprint density at radius 1 is 1.28 bits per heavy atom. The van der Waals surface area contributed by atoms with Crippen molar-refractivity contribution in [1.29, 1.82) is 0 Å². The minimum absolute atomic E-state index is 0.267. The Kier molecular flexibility index (Phi) is 7.56. The number of thiazole rings is 1. The Hall–Kier alpha value is -2.23. The predicted molar refractivity (Wildman–Crippen MR) is 111 cm³/mol. The van der Waals surface area contributed by atoms with Gasteiger partial charge in [0.1, 0.15) is 11.0 Å². The lowest BCUT2D eigenvalue weighted by Gasteiger charge is -2.30. The smallest absolute Gasteiger partial charge is 0.417 e. The number of nitrogens with two attached hydrogens (primary N) is 1. The van der Waals surface area contributed by atoms with Crippen LogP contribution >= 0.6 is 22.9 Å². The van der Waals surface area contributed by atoms with Crippen molar-refractivity contribution in [3.8, 4) is 0 Å². The number of hydrogen-bond donors (Lipinski definition) is 2. The zero-order chi connectivity index (χ0) is 21.9. The quantitative estimate of drug-likeness (QED) is 0.669. The summed E-state index contributed by atoms with van der Waals surface area (Å²) in [5.41, 5.74) is 6.54. The van der Waals surface area contributed by atoms with Gasteiger partial charge in [0.2, 0.25) is 5.91 Å². The fourth-order valence-corrected chi connectivity index (χ4v) is 3.80. The number of carboxylic acid groups (broad SMARTS) is 1. The summed E-state index contributed by atoms with van der Waals surface area (Å²) in [4.78, 5) is 42.6. The number of nitrogens with zero attached hydrogens (tertiary/aromatic N) is 2. The van der Waals surface area contributed by atoms with E-state index in [1.807, 2.05) is 0 Å². The number of amides is 2. The summed E-state index contributed by atoms with van der Waals surface area (Å²) in [7, 11) is 0. The van der Waals surface area contributed by atoms with Gasteiger partial charge < -0.3 is 15.6 Å². The van der Waals surface area contributed by atoms with Crippen molar-refractivity contribution in [2.45, 2.75) is 52.3 Å². The second kappa shape index (κ2) is 9.51. The van der Waals surface area contributed by atoms with Crippen molar-refractivity contribution < 1.29 is 24.2 Å². The summed E-state index contributed by atoms with van der Waals surface area (Å²) in [6.07, 6.45) is -1.99. The maximum Gasteiger partial charge on any atom is 0.417 e. The monoisotopic (exact) mass is 441 g/mol. The van der Waals surface area contributed by atoms with Crippen LogP contribution in [0.3, 0.4) is 0 Å². The standard InChI is InChI=1S/C19H24ClN3O5S/c1-9(2)16(21)18(26)23(19(27)28-10(3)4)13(8-15(24)25)17-22-12-7-11(20)5-6-14(12)29-17/h5-7,9-10,13,16H,8,21H2,1-4H3,(H,24,25)/t13?,16-/m0/s1. The summed E-state index contributed by atoms with van der Waals surface area (Å²) in [5, 5.41) is 10.2. The van der Waals surface area contributed by atoms with E-state index in [9.17, 15) is 19.5 Å². The molecular weight excluding hydrogens is 418 g/mol. The van der Waals surface area contributed by atoms with Crippen molar-refractivity contribution in [3.05, 3.63) is 28.2 Å². The number of rotatable bonds is 7.